The Hall–Kier alpha value is -0.530. The number of hydrogen-bond acceptors (Lipinski definition) is 3. The number of aromatic amines is 2. The van der Waals surface area contributed by atoms with Crippen molar-refractivity contribution in [3.63, 3.8) is 0 Å². The number of nitrogens with one attached hydrogen (secondary N) is 2. The standard InChI is InChI=1S/C6H10O3.H4N3P3/c1-5(6(8)9)3-2-4-7;1-4-2-6-3-5-1/h3,7H,2,4H2,1H3,(H,8,9);1,4-5H,(H,2,3). The van der Waals surface area contributed by atoms with Gasteiger partial charge in [-0.3, -0.25) is 0 Å². The lowest BCUT2D eigenvalue weighted by molar-refractivity contribution is -0.132. The molecule has 4 N–H and O–H groups in total. The minimum absolute atomic E-state index is 0.00458. The van der Waals surface area contributed by atoms with Gasteiger partial charge >= 0.3 is 5.97 Å². The van der Waals surface area contributed by atoms with E-state index in [0.717, 1.165) is 8.51 Å². The number of nitrogens with zero attached hydrogens (tertiary/aromatic N) is 1. The Labute approximate surface area is 92.2 Å². The quantitative estimate of drug-likeness (QED) is 0.629. The highest BCUT2D eigenvalue weighted by Crippen LogP contribution is 2.01. The van der Waals surface area contributed by atoms with Crippen molar-refractivity contribution in [2.24, 2.45) is 0 Å². The monoisotopic (exact) mass is 269 g/mol. The molecule has 0 aliphatic rings. The van der Waals surface area contributed by atoms with Crippen LogP contribution in [-0.2, 0) is 4.79 Å². The molecule has 0 fully saturated rings. The predicted octanol–water partition coefficient (Wildman–Crippen LogP) is 1.90. The van der Waals surface area contributed by atoms with Crippen LogP contribution in [0, 0.1) is 0 Å². The summed E-state index contributed by atoms with van der Waals surface area (Å²) in [5.74, 6) is -0.927. The van der Waals surface area contributed by atoms with E-state index < -0.39 is 5.97 Å². The number of aromatic nitrogens is 3. The van der Waals surface area contributed by atoms with E-state index >= 15 is 0 Å². The summed E-state index contributed by atoms with van der Waals surface area (Å²) in [4.78, 5) is 10.1. The lowest BCUT2D eigenvalue weighted by Gasteiger charge is -1.89. The number of aliphatic hydroxyl groups excluding tert-OH is 1. The third kappa shape index (κ3) is 9.77. The second-order valence-corrected chi connectivity index (χ2v) is 5.75. The van der Waals surface area contributed by atoms with Gasteiger partial charge in [-0.25, -0.2) is 4.79 Å². The van der Waals surface area contributed by atoms with E-state index in [4.69, 9.17) is 10.2 Å². The molecule has 1 aromatic heterocycles. The molecule has 6 nitrogen and oxygen atoms in total. The number of carboxylic acids is 1. The fourth-order valence-electron chi connectivity index (χ4n) is 0.524. The molecule has 2 unspecified atom stereocenters. The third-order valence-electron chi connectivity index (χ3n) is 1.24. The molecule has 2 atom stereocenters. The summed E-state index contributed by atoms with van der Waals surface area (Å²) < 4.78 is 10.0. The first kappa shape index (κ1) is 14.5. The molecule has 1 heterocycles. The Morgan fingerprint density at radius 1 is 1.67 bits per heavy atom. The van der Waals surface area contributed by atoms with Crippen LogP contribution in [0.25, 0.3) is 0 Å². The van der Waals surface area contributed by atoms with Gasteiger partial charge in [-0.05, 0) is 13.3 Å². The average molecular weight is 269 g/mol. The number of H-pyrrole nitrogens is 2. The highest BCUT2D eigenvalue weighted by molar-refractivity contribution is 7.43. The maximum absolute atomic E-state index is 10.1. The molecule has 0 amide bonds. The highest BCUT2D eigenvalue weighted by Gasteiger charge is 1.96. The van der Waals surface area contributed by atoms with Gasteiger partial charge in [0.2, 0.25) is 0 Å². The lowest BCUT2D eigenvalue weighted by Crippen LogP contribution is -1.95. The molecule has 86 valence electrons. The second kappa shape index (κ2) is 10.0. The van der Waals surface area contributed by atoms with Crippen molar-refractivity contribution < 1.29 is 15.0 Å². The maximum Gasteiger partial charge on any atom is 0.330 e. The lowest BCUT2D eigenvalue weighted by atomic mass is 10.2. The van der Waals surface area contributed by atoms with Crippen LogP contribution in [0.3, 0.4) is 0 Å². The van der Waals surface area contributed by atoms with E-state index in [0.29, 0.717) is 23.4 Å². The molecule has 0 aromatic carbocycles. The zero-order chi connectivity index (χ0) is 11.5. The number of carbonyl (C=O) groups is 1. The summed E-state index contributed by atoms with van der Waals surface area (Å²) in [6.07, 6.45) is 1.90. The largest absolute Gasteiger partial charge is 0.478 e. The SMILES string of the molecule is CC(=CCCO)C(=O)O.n1p[nH][pH][nH][pH]1. The Kier molecular flexibility index (Phi) is 9.65. The number of aliphatic carboxylic acids is 1. The summed E-state index contributed by atoms with van der Waals surface area (Å²) in [6.45, 7) is 1.50. The molecule has 1 aromatic rings. The van der Waals surface area contributed by atoms with E-state index in [9.17, 15) is 4.79 Å². The van der Waals surface area contributed by atoms with Crippen molar-refractivity contribution in [2.45, 2.75) is 13.3 Å². The highest BCUT2D eigenvalue weighted by atomic mass is 31.1. The predicted molar refractivity (Wildman–Crippen MR) is 65.2 cm³/mol. The average Bonchev–Trinajstić information content (AvgIpc) is 2.29. The Balaban J connectivity index is 0.000000280. The second-order valence-electron chi connectivity index (χ2n) is 2.38. The van der Waals surface area contributed by atoms with Crippen LogP contribution in [0.2, 0.25) is 0 Å². The van der Waals surface area contributed by atoms with E-state index in [1.54, 1.807) is 0 Å². The fourth-order valence-corrected chi connectivity index (χ4v) is 3.17. The number of rotatable bonds is 3. The molecular formula is C6H14N3O3P3. The minimum atomic E-state index is -0.927. The maximum atomic E-state index is 10.1. The third-order valence-corrected chi connectivity index (χ3v) is 3.84. The molecule has 0 aliphatic heterocycles. The van der Waals surface area contributed by atoms with E-state index in [2.05, 4.69) is 13.5 Å². The van der Waals surface area contributed by atoms with Crippen LogP contribution in [0.4, 0.5) is 0 Å². The Morgan fingerprint density at radius 3 is 2.67 bits per heavy atom. The van der Waals surface area contributed by atoms with Gasteiger partial charge in [-0.15, -0.1) is 0 Å². The molecule has 0 saturated heterocycles. The topological polar surface area (TPSA) is 102 Å². The first-order chi connectivity index (χ1) is 7.18. The normalized spacial score (nSPS) is 11.7. The summed E-state index contributed by atoms with van der Waals surface area (Å²) in [7, 11) is 2.36. The molecule has 0 aliphatic carbocycles. The Bertz CT molecular complexity index is 282. The molecule has 0 radical (unpaired) electrons. The van der Waals surface area contributed by atoms with E-state index in [1.165, 1.54) is 13.0 Å². The van der Waals surface area contributed by atoms with Gasteiger partial charge in [0.1, 0.15) is 8.51 Å². The van der Waals surface area contributed by atoms with Crippen molar-refractivity contribution in [1.82, 2.24) is 13.5 Å². The van der Waals surface area contributed by atoms with Gasteiger partial charge in [-0.2, -0.15) is 4.51 Å². The van der Waals surface area contributed by atoms with Gasteiger partial charge in [-0.1, -0.05) is 6.08 Å². The molecule has 0 saturated carbocycles. The van der Waals surface area contributed by atoms with Crippen LogP contribution >= 0.6 is 25.5 Å². The molecule has 1 rings (SSSR count). The molecular weight excluding hydrogens is 255 g/mol. The van der Waals surface area contributed by atoms with Crippen LogP contribution in [0.15, 0.2) is 11.6 Å². The zero-order valence-electron chi connectivity index (χ0n) is 8.19. The van der Waals surface area contributed by atoms with Gasteiger partial charge in [0.15, 0.2) is 0 Å². The van der Waals surface area contributed by atoms with Crippen molar-refractivity contribution in [2.75, 3.05) is 6.61 Å². The van der Waals surface area contributed by atoms with Gasteiger partial charge < -0.3 is 19.2 Å². The number of hydrogen-bond donors (Lipinski definition) is 4. The summed E-state index contributed by atoms with van der Waals surface area (Å²) in [5.41, 5.74) is 0.282. The van der Waals surface area contributed by atoms with Crippen molar-refractivity contribution in [1.29, 1.82) is 0 Å². The van der Waals surface area contributed by atoms with Crippen molar-refractivity contribution in [3.05, 3.63) is 11.6 Å². The van der Waals surface area contributed by atoms with Crippen molar-refractivity contribution in [3.8, 4) is 0 Å². The minimum Gasteiger partial charge on any atom is -0.478 e. The van der Waals surface area contributed by atoms with Crippen LogP contribution in [0.1, 0.15) is 13.3 Å². The molecule has 9 heteroatoms. The summed E-state index contributed by atoms with van der Waals surface area (Å²) in [6, 6.07) is 0. The first-order valence-electron chi connectivity index (χ1n) is 4.09. The fraction of sp³-hybridized carbons (Fsp3) is 0.500. The van der Waals surface area contributed by atoms with Crippen molar-refractivity contribution >= 4 is 31.5 Å². The van der Waals surface area contributed by atoms with Crippen LogP contribution in [-0.4, -0.2) is 36.3 Å². The molecule has 0 bridgehead atoms. The Morgan fingerprint density at radius 2 is 2.40 bits per heavy atom. The van der Waals surface area contributed by atoms with Crippen LogP contribution < -0.4 is 0 Å². The molecule has 0 spiro atoms. The van der Waals surface area contributed by atoms with Gasteiger partial charge in [0.25, 0.3) is 0 Å². The van der Waals surface area contributed by atoms with Gasteiger partial charge in [0, 0.05) is 29.2 Å². The summed E-state index contributed by atoms with van der Waals surface area (Å²) >= 11 is 0. The van der Waals surface area contributed by atoms with Crippen LogP contribution in [0.5, 0.6) is 0 Å². The zero-order valence-corrected chi connectivity index (χ0v) is 11.1. The number of carboxylic acid groups (broad SMARTS) is 1. The number of aliphatic hydroxyl groups is 1. The van der Waals surface area contributed by atoms with E-state index in [1.807, 2.05) is 0 Å². The molecule has 15 heavy (non-hydrogen) atoms. The smallest absolute Gasteiger partial charge is 0.330 e. The van der Waals surface area contributed by atoms with E-state index in [-0.39, 0.29) is 12.2 Å². The first-order valence-corrected chi connectivity index (χ1v) is 6.88. The summed E-state index contributed by atoms with van der Waals surface area (Å²) in [5, 5.41) is 16.5. The van der Waals surface area contributed by atoms with Gasteiger partial charge in [0.05, 0.1) is 0 Å².